The lowest BCUT2D eigenvalue weighted by Crippen LogP contribution is -2.32. The van der Waals surface area contributed by atoms with Crippen LogP contribution in [0.5, 0.6) is 0 Å². The highest BCUT2D eigenvalue weighted by molar-refractivity contribution is 7.18. The average Bonchev–Trinajstić information content (AvgIpc) is 3.05. The quantitative estimate of drug-likeness (QED) is 0.417. The van der Waals surface area contributed by atoms with E-state index < -0.39 is 12.0 Å². The van der Waals surface area contributed by atoms with Crippen LogP contribution in [0, 0.1) is 27.7 Å². The molecular weight excluding hydrogens is 420 g/mol. The third-order valence-corrected chi connectivity index (χ3v) is 7.07. The van der Waals surface area contributed by atoms with E-state index >= 15 is 0 Å². The Morgan fingerprint density at radius 2 is 1.59 bits per heavy atom. The van der Waals surface area contributed by atoms with E-state index in [1.165, 1.54) is 15.9 Å². The highest BCUT2D eigenvalue weighted by Crippen LogP contribution is 2.31. The Labute approximate surface area is 191 Å². The normalized spacial score (nSPS) is 12.2. The fourth-order valence-corrected chi connectivity index (χ4v) is 4.94. The number of hydrogen-bond acceptors (Lipinski definition) is 4. The van der Waals surface area contributed by atoms with Gasteiger partial charge in [-0.1, -0.05) is 59.7 Å². The molecule has 0 fully saturated rings. The van der Waals surface area contributed by atoms with E-state index in [1.807, 2.05) is 76.2 Å². The van der Waals surface area contributed by atoms with Crippen molar-refractivity contribution in [3.8, 4) is 11.4 Å². The predicted molar refractivity (Wildman–Crippen MR) is 130 cm³/mol. The molecule has 0 saturated carbocycles. The van der Waals surface area contributed by atoms with E-state index in [2.05, 4.69) is 0 Å². The van der Waals surface area contributed by atoms with Gasteiger partial charge in [0.05, 0.1) is 5.39 Å². The SMILES string of the molecule is Cc1ccc(CCC(C(=O)O)n2c(-c3ccc(C)cc3)nc3sc(C)c(C)c3c2=O)cc1. The monoisotopic (exact) mass is 446 g/mol. The summed E-state index contributed by atoms with van der Waals surface area (Å²) >= 11 is 1.47. The standard InChI is InChI=1S/C26H26N2O3S/c1-15-5-9-19(10-6-15)11-14-21(26(30)31)28-23(20-12-7-16(2)8-13-20)27-24-22(25(28)29)17(3)18(4)32-24/h5-10,12-13,21H,11,14H2,1-4H3,(H,30,31). The number of hydrogen-bond donors (Lipinski definition) is 1. The fourth-order valence-electron chi connectivity index (χ4n) is 3.92. The van der Waals surface area contributed by atoms with Crippen LogP contribution in [0.2, 0.25) is 0 Å². The van der Waals surface area contributed by atoms with Gasteiger partial charge in [-0.2, -0.15) is 0 Å². The molecular formula is C26H26N2O3S. The summed E-state index contributed by atoms with van der Waals surface area (Å²) in [6.45, 7) is 7.86. The summed E-state index contributed by atoms with van der Waals surface area (Å²) in [6, 6.07) is 14.7. The van der Waals surface area contributed by atoms with Crippen LogP contribution in [-0.2, 0) is 11.2 Å². The largest absolute Gasteiger partial charge is 0.480 e. The van der Waals surface area contributed by atoms with E-state index in [0.717, 1.165) is 32.7 Å². The van der Waals surface area contributed by atoms with E-state index in [-0.39, 0.29) is 5.56 Å². The first-order valence-corrected chi connectivity index (χ1v) is 11.5. The van der Waals surface area contributed by atoms with Crippen LogP contribution in [0.25, 0.3) is 21.6 Å². The van der Waals surface area contributed by atoms with Crippen LogP contribution in [-0.4, -0.2) is 20.6 Å². The summed E-state index contributed by atoms with van der Waals surface area (Å²) in [5, 5.41) is 10.7. The van der Waals surface area contributed by atoms with Crippen LogP contribution in [0.1, 0.15) is 39.6 Å². The second kappa shape index (κ2) is 8.71. The maximum atomic E-state index is 13.7. The third-order valence-electron chi connectivity index (χ3n) is 5.97. The molecule has 2 heterocycles. The smallest absolute Gasteiger partial charge is 0.326 e. The van der Waals surface area contributed by atoms with Gasteiger partial charge in [-0.05, 0) is 51.7 Å². The Morgan fingerprint density at radius 3 is 2.19 bits per heavy atom. The Morgan fingerprint density at radius 1 is 1.00 bits per heavy atom. The van der Waals surface area contributed by atoms with Gasteiger partial charge in [0.25, 0.3) is 5.56 Å². The van der Waals surface area contributed by atoms with Gasteiger partial charge in [0.15, 0.2) is 0 Å². The summed E-state index contributed by atoms with van der Waals surface area (Å²) in [6.07, 6.45) is 0.850. The van der Waals surface area contributed by atoms with Crippen molar-refractivity contribution < 1.29 is 9.90 Å². The molecule has 32 heavy (non-hydrogen) atoms. The third kappa shape index (κ3) is 4.10. The predicted octanol–water partition coefficient (Wildman–Crippen LogP) is 5.62. The number of carbonyl (C=O) groups is 1. The molecule has 4 aromatic rings. The van der Waals surface area contributed by atoms with E-state index in [0.29, 0.717) is 28.9 Å². The number of aryl methyl sites for hydroxylation is 5. The van der Waals surface area contributed by atoms with Gasteiger partial charge in [0.1, 0.15) is 16.7 Å². The molecule has 0 aliphatic rings. The molecule has 0 aliphatic heterocycles. The molecule has 0 saturated heterocycles. The summed E-state index contributed by atoms with van der Waals surface area (Å²) in [5.74, 6) is -0.626. The second-order valence-corrected chi connectivity index (χ2v) is 9.52. The minimum absolute atomic E-state index is 0.288. The lowest BCUT2D eigenvalue weighted by Gasteiger charge is -2.20. The van der Waals surface area contributed by atoms with Crippen molar-refractivity contribution in [2.75, 3.05) is 0 Å². The molecule has 0 spiro atoms. The van der Waals surface area contributed by atoms with Gasteiger partial charge >= 0.3 is 5.97 Å². The second-order valence-electron chi connectivity index (χ2n) is 8.32. The number of carboxylic acid groups (broad SMARTS) is 1. The van der Waals surface area contributed by atoms with Gasteiger partial charge in [-0.15, -0.1) is 11.3 Å². The van der Waals surface area contributed by atoms with Crippen LogP contribution < -0.4 is 5.56 Å². The number of benzene rings is 2. The first-order chi connectivity index (χ1) is 15.3. The Bertz CT molecular complexity index is 1350. The summed E-state index contributed by atoms with van der Waals surface area (Å²) in [7, 11) is 0. The number of aromatic nitrogens is 2. The van der Waals surface area contributed by atoms with Gasteiger partial charge in [-0.25, -0.2) is 9.78 Å². The molecule has 1 atom stereocenters. The van der Waals surface area contributed by atoms with E-state index in [9.17, 15) is 14.7 Å². The van der Waals surface area contributed by atoms with Crippen molar-refractivity contribution in [2.24, 2.45) is 0 Å². The summed E-state index contributed by atoms with van der Waals surface area (Å²) < 4.78 is 1.39. The molecule has 0 aliphatic carbocycles. The Balaban J connectivity index is 1.89. The number of aliphatic carboxylic acids is 1. The van der Waals surface area contributed by atoms with Gasteiger partial charge < -0.3 is 5.11 Å². The molecule has 6 heteroatoms. The van der Waals surface area contributed by atoms with Gasteiger partial charge in [0.2, 0.25) is 0 Å². The number of carboxylic acids is 1. The number of fused-ring (bicyclic) bond motifs is 1. The average molecular weight is 447 g/mol. The zero-order chi connectivity index (χ0) is 23.0. The summed E-state index contributed by atoms with van der Waals surface area (Å²) in [4.78, 5) is 32.6. The van der Waals surface area contributed by atoms with Crippen molar-refractivity contribution in [1.29, 1.82) is 0 Å². The maximum absolute atomic E-state index is 13.7. The van der Waals surface area contributed by atoms with E-state index in [1.54, 1.807) is 0 Å². The maximum Gasteiger partial charge on any atom is 0.326 e. The van der Waals surface area contributed by atoms with Crippen molar-refractivity contribution in [2.45, 2.75) is 46.6 Å². The van der Waals surface area contributed by atoms with Crippen LogP contribution in [0.15, 0.2) is 53.3 Å². The van der Waals surface area contributed by atoms with Gasteiger partial charge in [0, 0.05) is 10.4 Å². The van der Waals surface area contributed by atoms with Crippen molar-refractivity contribution in [3.05, 3.63) is 86.0 Å². The molecule has 1 N–H and O–H groups in total. The topological polar surface area (TPSA) is 72.2 Å². The first-order valence-electron chi connectivity index (χ1n) is 10.6. The molecule has 5 nitrogen and oxygen atoms in total. The molecule has 0 bridgehead atoms. The molecule has 0 radical (unpaired) electrons. The zero-order valence-electron chi connectivity index (χ0n) is 18.7. The molecule has 2 aromatic heterocycles. The highest BCUT2D eigenvalue weighted by atomic mass is 32.1. The van der Waals surface area contributed by atoms with Crippen molar-refractivity contribution in [1.82, 2.24) is 9.55 Å². The minimum atomic E-state index is -1.03. The minimum Gasteiger partial charge on any atom is -0.480 e. The first kappa shape index (κ1) is 22.0. The molecule has 1 unspecified atom stereocenters. The molecule has 0 amide bonds. The molecule has 4 rings (SSSR count). The highest BCUT2D eigenvalue weighted by Gasteiger charge is 2.27. The van der Waals surface area contributed by atoms with E-state index in [4.69, 9.17) is 4.98 Å². The fraction of sp³-hybridized carbons (Fsp3) is 0.269. The Kier molecular flexibility index (Phi) is 5.98. The Hall–Kier alpha value is -3.25. The van der Waals surface area contributed by atoms with Crippen molar-refractivity contribution in [3.63, 3.8) is 0 Å². The van der Waals surface area contributed by atoms with Crippen LogP contribution in [0.4, 0.5) is 0 Å². The summed E-state index contributed by atoms with van der Waals surface area (Å²) in [5.41, 5.74) is 4.60. The number of nitrogens with zero attached hydrogens (tertiary/aromatic N) is 2. The zero-order valence-corrected chi connectivity index (χ0v) is 19.5. The lowest BCUT2D eigenvalue weighted by molar-refractivity contribution is -0.141. The number of rotatable bonds is 6. The molecule has 164 valence electrons. The lowest BCUT2D eigenvalue weighted by atomic mass is 10.0. The van der Waals surface area contributed by atoms with Gasteiger partial charge in [-0.3, -0.25) is 9.36 Å². The molecule has 2 aromatic carbocycles. The van der Waals surface area contributed by atoms with Crippen molar-refractivity contribution >= 4 is 27.5 Å². The number of thiophene rings is 1. The van der Waals surface area contributed by atoms with Crippen LogP contribution >= 0.6 is 11.3 Å². The van der Waals surface area contributed by atoms with Crippen LogP contribution in [0.3, 0.4) is 0 Å².